The van der Waals surface area contributed by atoms with Gasteiger partial charge in [-0.15, -0.1) is 0 Å². The fraction of sp³-hybridized carbons (Fsp3) is 1.00. The van der Waals surface area contributed by atoms with E-state index in [1.165, 1.54) is 0 Å². The van der Waals surface area contributed by atoms with Gasteiger partial charge >= 0.3 is 0 Å². The predicted molar refractivity (Wildman–Crippen MR) is 35.5 cm³/mol. The van der Waals surface area contributed by atoms with E-state index in [0.717, 1.165) is 0 Å². The molecule has 0 aromatic heterocycles. The topological polar surface area (TPSA) is 124 Å². The zero-order chi connectivity index (χ0) is 9.50. The van der Waals surface area contributed by atoms with Crippen molar-refractivity contribution in [2.45, 2.75) is 12.0 Å². The molecule has 11 heavy (non-hydrogen) atoms. The molecule has 0 amide bonds. The number of aliphatic hydroxyl groups is 1. The van der Waals surface area contributed by atoms with Crippen LogP contribution in [0.5, 0.6) is 0 Å². The van der Waals surface area contributed by atoms with Crippen LogP contribution in [0.25, 0.3) is 0 Å². The summed E-state index contributed by atoms with van der Waals surface area (Å²) in [6.45, 7) is 1.22. The first-order valence-corrected chi connectivity index (χ1v) is 6.25. The van der Waals surface area contributed by atoms with E-state index < -0.39 is 20.4 Å². The van der Waals surface area contributed by atoms with Gasteiger partial charge in [0.2, 0.25) is 0 Å². The SMILES string of the molecule is CC(O)(P(C)(=O)O)[P+]([O-])([O-])O. The number of hydrogen-bond acceptors (Lipinski definition) is 5. The van der Waals surface area contributed by atoms with Crippen molar-refractivity contribution >= 4 is 15.3 Å². The second kappa shape index (κ2) is 2.75. The van der Waals surface area contributed by atoms with E-state index in [1.54, 1.807) is 0 Å². The second-order valence-electron chi connectivity index (χ2n) is 2.37. The molecule has 8 heteroatoms. The van der Waals surface area contributed by atoms with Crippen molar-refractivity contribution < 1.29 is 29.2 Å². The molecule has 0 aromatic carbocycles. The zero-order valence-electron chi connectivity index (χ0n) is 5.96. The first-order valence-electron chi connectivity index (χ1n) is 2.57. The molecule has 68 valence electrons. The molecule has 2 unspecified atom stereocenters. The van der Waals surface area contributed by atoms with Gasteiger partial charge < -0.3 is 19.8 Å². The first kappa shape index (κ1) is 11.5. The Bertz CT molecular complexity index is 186. The summed E-state index contributed by atoms with van der Waals surface area (Å²) in [5.74, 6) is 0. The molecule has 6 nitrogen and oxygen atoms in total. The molecular weight excluding hydrogens is 194 g/mol. The lowest BCUT2D eigenvalue weighted by Crippen LogP contribution is -2.41. The fourth-order valence-corrected chi connectivity index (χ4v) is 2.11. The van der Waals surface area contributed by atoms with Crippen LogP contribution < -0.4 is 9.79 Å². The Balaban J connectivity index is 4.91. The average molecular weight is 203 g/mol. The van der Waals surface area contributed by atoms with Gasteiger partial charge in [0.15, 0.2) is 0 Å². The van der Waals surface area contributed by atoms with Crippen molar-refractivity contribution in [1.82, 2.24) is 0 Å². The normalized spacial score (nSPS) is 23.9. The summed E-state index contributed by atoms with van der Waals surface area (Å²) in [6, 6.07) is 0. The van der Waals surface area contributed by atoms with Gasteiger partial charge in [-0.2, -0.15) is 0 Å². The minimum Gasteiger partial charge on any atom is -0.657 e. The minimum atomic E-state index is -5.20. The lowest BCUT2D eigenvalue weighted by molar-refractivity contribution is -0.342. The number of hydrogen-bond donors (Lipinski definition) is 3. The third-order valence-corrected chi connectivity index (χ3v) is 5.84. The molecule has 3 N–H and O–H groups in total. The molecular formula is C3H9O6P2-. The molecule has 0 aliphatic rings. The van der Waals surface area contributed by atoms with Crippen LogP contribution in [0.1, 0.15) is 6.92 Å². The highest BCUT2D eigenvalue weighted by molar-refractivity contribution is 7.76. The van der Waals surface area contributed by atoms with Crippen molar-refractivity contribution in [2.75, 3.05) is 6.66 Å². The van der Waals surface area contributed by atoms with E-state index in [-0.39, 0.29) is 0 Å². The lowest BCUT2D eigenvalue weighted by Gasteiger charge is -2.41. The summed E-state index contributed by atoms with van der Waals surface area (Å²) >= 11 is 0. The van der Waals surface area contributed by atoms with E-state index in [1.807, 2.05) is 0 Å². The van der Waals surface area contributed by atoms with Gasteiger partial charge in [-0.1, -0.05) is 0 Å². The molecule has 0 radical (unpaired) electrons. The summed E-state index contributed by atoms with van der Waals surface area (Å²) in [4.78, 5) is 37.6. The maximum absolute atomic E-state index is 10.7. The van der Waals surface area contributed by atoms with Crippen molar-refractivity contribution in [1.29, 1.82) is 0 Å². The molecule has 0 aliphatic carbocycles. The van der Waals surface area contributed by atoms with Crippen LogP contribution in [-0.2, 0) is 4.57 Å². The third-order valence-electron chi connectivity index (χ3n) is 1.32. The molecule has 0 saturated carbocycles. The Labute approximate surface area is 64.2 Å². The van der Waals surface area contributed by atoms with E-state index >= 15 is 0 Å². The van der Waals surface area contributed by atoms with Crippen LogP contribution in [0.3, 0.4) is 0 Å². The average Bonchev–Trinajstić information content (AvgIpc) is 1.58. The van der Waals surface area contributed by atoms with Crippen LogP contribution in [0.15, 0.2) is 0 Å². The largest absolute Gasteiger partial charge is 0.657 e. The summed E-state index contributed by atoms with van der Waals surface area (Å²) in [5, 5.41) is 5.89. The van der Waals surface area contributed by atoms with Gasteiger partial charge in [-0.3, -0.25) is 9.46 Å². The molecule has 0 spiro atoms. The van der Waals surface area contributed by atoms with Crippen molar-refractivity contribution in [3.8, 4) is 0 Å². The van der Waals surface area contributed by atoms with Crippen molar-refractivity contribution in [2.24, 2.45) is 0 Å². The zero-order valence-corrected chi connectivity index (χ0v) is 7.75. The van der Waals surface area contributed by atoms with Gasteiger partial charge in [-0.05, 0) is 0 Å². The summed E-state index contributed by atoms with van der Waals surface area (Å²) in [6.07, 6.45) is 0. The minimum absolute atomic E-state index is 0.571. The molecule has 0 aromatic rings. The Morgan fingerprint density at radius 2 is 1.82 bits per heavy atom. The van der Waals surface area contributed by atoms with Gasteiger partial charge in [0, 0.05) is 13.6 Å². The highest BCUT2D eigenvalue weighted by atomic mass is 31.3. The van der Waals surface area contributed by atoms with Crippen molar-refractivity contribution in [3.05, 3.63) is 0 Å². The highest BCUT2D eigenvalue weighted by Crippen LogP contribution is 2.67. The highest BCUT2D eigenvalue weighted by Gasteiger charge is 2.50. The molecule has 0 bridgehead atoms. The Kier molecular flexibility index (Phi) is 2.86. The quantitative estimate of drug-likeness (QED) is 0.447. The van der Waals surface area contributed by atoms with Gasteiger partial charge in [0.05, 0.1) is 7.94 Å². The van der Waals surface area contributed by atoms with E-state index in [2.05, 4.69) is 0 Å². The van der Waals surface area contributed by atoms with Crippen LogP contribution in [-0.4, -0.2) is 26.6 Å². The predicted octanol–water partition coefficient (Wildman–Crippen LogP) is -1.97. The fourth-order valence-electron chi connectivity index (χ4n) is 0.234. The first-order chi connectivity index (χ1) is 4.50. The van der Waals surface area contributed by atoms with Gasteiger partial charge in [-0.25, -0.2) is 0 Å². The Morgan fingerprint density at radius 1 is 1.55 bits per heavy atom. The maximum atomic E-state index is 10.7. The third kappa shape index (κ3) is 2.20. The monoisotopic (exact) mass is 203 g/mol. The van der Waals surface area contributed by atoms with Crippen LogP contribution in [0.2, 0.25) is 0 Å². The molecule has 2 atom stereocenters. The molecule has 0 rings (SSSR count). The Morgan fingerprint density at radius 3 is 1.82 bits per heavy atom. The van der Waals surface area contributed by atoms with Gasteiger partial charge in [0.25, 0.3) is 12.5 Å². The molecule has 0 saturated heterocycles. The van der Waals surface area contributed by atoms with E-state index in [4.69, 9.17) is 14.9 Å². The van der Waals surface area contributed by atoms with Crippen LogP contribution >= 0.6 is 15.3 Å². The molecule has 0 fully saturated rings. The molecule has 0 aliphatic heterocycles. The Hall–Kier alpha value is 0.460. The summed E-state index contributed by atoms with van der Waals surface area (Å²) in [5.41, 5.74) is 0. The van der Waals surface area contributed by atoms with Gasteiger partial charge in [0.1, 0.15) is 0 Å². The van der Waals surface area contributed by atoms with Crippen LogP contribution in [0.4, 0.5) is 0 Å². The number of rotatable bonds is 2. The summed E-state index contributed by atoms with van der Waals surface area (Å²) in [7, 11) is -9.46. The van der Waals surface area contributed by atoms with E-state index in [0.29, 0.717) is 13.6 Å². The molecule has 0 heterocycles. The van der Waals surface area contributed by atoms with E-state index in [9.17, 15) is 14.4 Å². The van der Waals surface area contributed by atoms with Crippen molar-refractivity contribution in [3.63, 3.8) is 0 Å². The summed E-state index contributed by atoms with van der Waals surface area (Å²) < 4.78 is 10.7. The second-order valence-corrected chi connectivity index (χ2v) is 7.26. The smallest absolute Gasteiger partial charge is 0.268 e. The lowest BCUT2D eigenvalue weighted by atomic mass is 10.9. The van der Waals surface area contributed by atoms with Crippen LogP contribution in [0, 0.1) is 0 Å². The maximum Gasteiger partial charge on any atom is 0.268 e. The standard InChI is InChI=1S/C3H10O6P2/c1-3(4,10(2,5)6)11(7,8)9/h4H,1-2H3,(H,5,6)(H2,7,8,9)/p-1.